The Bertz CT molecular complexity index is 745. The summed E-state index contributed by atoms with van der Waals surface area (Å²) >= 11 is 0. The van der Waals surface area contributed by atoms with Crippen LogP contribution < -0.4 is 0 Å². The standard InChI is InChI=1S/C20H28N6O/c1-23-12-14-25(15-13-23)20(27)24-9-5-17(6-10-24)19-22-8-11-26(19)16-18-4-2-3-7-21-18/h2-4,7-8,11,17H,5-6,9-10,12-16H2,1H3. The summed E-state index contributed by atoms with van der Waals surface area (Å²) in [5.74, 6) is 1.52. The number of hydrogen-bond acceptors (Lipinski definition) is 4. The molecule has 0 saturated carbocycles. The number of imidazole rings is 1. The lowest BCUT2D eigenvalue weighted by Gasteiger charge is -2.38. The predicted molar refractivity (Wildman–Crippen MR) is 104 cm³/mol. The summed E-state index contributed by atoms with van der Waals surface area (Å²) in [4.78, 5) is 28.1. The van der Waals surface area contributed by atoms with Gasteiger partial charge in [-0.3, -0.25) is 4.98 Å². The van der Waals surface area contributed by atoms with Crippen molar-refractivity contribution < 1.29 is 4.79 Å². The maximum absolute atomic E-state index is 12.8. The number of rotatable bonds is 3. The zero-order valence-corrected chi connectivity index (χ0v) is 16.0. The minimum Gasteiger partial charge on any atom is -0.329 e. The maximum atomic E-state index is 12.8. The number of piperazine rings is 1. The number of likely N-dealkylation sites (tertiary alicyclic amines) is 1. The molecule has 0 N–H and O–H groups in total. The van der Waals surface area contributed by atoms with Crippen molar-refractivity contribution in [3.05, 3.63) is 48.3 Å². The van der Waals surface area contributed by atoms with Crippen LogP contribution in [0.4, 0.5) is 4.79 Å². The topological polar surface area (TPSA) is 57.5 Å². The number of amides is 2. The average molecular weight is 368 g/mol. The van der Waals surface area contributed by atoms with Crippen molar-refractivity contribution in [2.24, 2.45) is 0 Å². The second-order valence-electron chi connectivity index (χ2n) is 7.57. The predicted octanol–water partition coefficient (Wildman–Crippen LogP) is 1.87. The van der Waals surface area contributed by atoms with Gasteiger partial charge >= 0.3 is 6.03 Å². The summed E-state index contributed by atoms with van der Waals surface area (Å²) < 4.78 is 2.20. The number of aromatic nitrogens is 3. The van der Waals surface area contributed by atoms with Crippen molar-refractivity contribution >= 4 is 6.03 Å². The summed E-state index contributed by atoms with van der Waals surface area (Å²) in [7, 11) is 2.11. The van der Waals surface area contributed by atoms with E-state index in [1.165, 1.54) is 0 Å². The third-order valence-electron chi connectivity index (χ3n) is 5.71. The summed E-state index contributed by atoms with van der Waals surface area (Å²) in [6.07, 6.45) is 7.68. The Kier molecular flexibility index (Phi) is 5.38. The number of urea groups is 1. The van der Waals surface area contributed by atoms with Crippen LogP contribution in [0.3, 0.4) is 0 Å². The van der Waals surface area contributed by atoms with Crippen LogP contribution in [0.2, 0.25) is 0 Å². The van der Waals surface area contributed by atoms with Gasteiger partial charge in [0.1, 0.15) is 5.82 Å². The molecular formula is C20H28N6O. The van der Waals surface area contributed by atoms with Crippen molar-refractivity contribution in [2.75, 3.05) is 46.3 Å². The molecule has 144 valence electrons. The fourth-order valence-corrected chi connectivity index (χ4v) is 4.01. The fourth-order valence-electron chi connectivity index (χ4n) is 4.01. The van der Waals surface area contributed by atoms with Crippen LogP contribution in [0.5, 0.6) is 0 Å². The van der Waals surface area contributed by atoms with E-state index >= 15 is 0 Å². The Labute approximate surface area is 160 Å². The van der Waals surface area contributed by atoms with Gasteiger partial charge in [0.2, 0.25) is 0 Å². The second kappa shape index (κ2) is 8.08. The normalized spacial score (nSPS) is 19.4. The van der Waals surface area contributed by atoms with Gasteiger partial charge in [-0.25, -0.2) is 9.78 Å². The Morgan fingerprint density at radius 2 is 1.74 bits per heavy atom. The molecule has 2 aliphatic rings. The highest BCUT2D eigenvalue weighted by atomic mass is 16.2. The van der Waals surface area contributed by atoms with Gasteiger partial charge in [-0.2, -0.15) is 0 Å². The summed E-state index contributed by atoms with van der Waals surface area (Å²) in [6.45, 7) is 5.98. The smallest absolute Gasteiger partial charge is 0.320 e. The molecule has 0 aromatic carbocycles. The van der Waals surface area contributed by atoms with E-state index in [1.54, 1.807) is 0 Å². The van der Waals surface area contributed by atoms with Gasteiger partial charge in [-0.1, -0.05) is 6.07 Å². The van der Waals surface area contributed by atoms with Crippen LogP contribution >= 0.6 is 0 Å². The second-order valence-corrected chi connectivity index (χ2v) is 7.57. The minimum atomic E-state index is 0.207. The average Bonchev–Trinajstić information content (AvgIpc) is 3.17. The SMILES string of the molecule is CN1CCN(C(=O)N2CCC(c3nccn3Cc3ccccn3)CC2)CC1. The van der Waals surface area contributed by atoms with Crippen LogP contribution in [-0.4, -0.2) is 81.6 Å². The molecule has 7 heteroatoms. The number of carbonyl (C=O) groups excluding carboxylic acids is 1. The Balaban J connectivity index is 1.34. The van der Waals surface area contributed by atoms with Crippen LogP contribution in [0.1, 0.15) is 30.3 Å². The molecule has 7 nitrogen and oxygen atoms in total. The Morgan fingerprint density at radius 1 is 1.00 bits per heavy atom. The largest absolute Gasteiger partial charge is 0.329 e. The molecule has 2 aliphatic heterocycles. The highest BCUT2D eigenvalue weighted by Gasteiger charge is 2.29. The molecule has 0 aliphatic carbocycles. The summed E-state index contributed by atoms with van der Waals surface area (Å²) in [5.41, 5.74) is 1.04. The molecule has 0 atom stereocenters. The van der Waals surface area contributed by atoms with E-state index in [0.717, 1.165) is 70.2 Å². The maximum Gasteiger partial charge on any atom is 0.320 e. The molecule has 0 spiro atoms. The lowest BCUT2D eigenvalue weighted by Crippen LogP contribution is -2.53. The van der Waals surface area contributed by atoms with Crippen molar-refractivity contribution in [1.82, 2.24) is 29.2 Å². The van der Waals surface area contributed by atoms with Crippen LogP contribution in [0.25, 0.3) is 0 Å². The van der Waals surface area contributed by atoms with Crippen LogP contribution in [0, 0.1) is 0 Å². The van der Waals surface area contributed by atoms with Gasteiger partial charge in [0, 0.05) is 63.8 Å². The lowest BCUT2D eigenvalue weighted by molar-refractivity contribution is 0.113. The molecule has 2 amide bonds. The van der Waals surface area contributed by atoms with Gasteiger partial charge in [0.25, 0.3) is 0 Å². The van der Waals surface area contributed by atoms with Gasteiger partial charge in [0.05, 0.1) is 12.2 Å². The number of piperidine rings is 1. The number of nitrogens with zero attached hydrogens (tertiary/aromatic N) is 6. The molecule has 27 heavy (non-hydrogen) atoms. The number of pyridine rings is 1. The molecule has 4 rings (SSSR count). The number of carbonyl (C=O) groups is 1. The van der Waals surface area contributed by atoms with E-state index in [2.05, 4.69) is 26.5 Å². The molecule has 4 heterocycles. The molecule has 0 radical (unpaired) electrons. The van der Waals surface area contributed by atoms with E-state index in [4.69, 9.17) is 0 Å². The molecule has 0 bridgehead atoms. The third-order valence-corrected chi connectivity index (χ3v) is 5.71. The van der Waals surface area contributed by atoms with Gasteiger partial charge in [-0.15, -0.1) is 0 Å². The number of hydrogen-bond donors (Lipinski definition) is 0. The minimum absolute atomic E-state index is 0.207. The van der Waals surface area contributed by atoms with Crippen molar-refractivity contribution in [1.29, 1.82) is 0 Å². The van der Waals surface area contributed by atoms with Crippen LogP contribution in [0.15, 0.2) is 36.8 Å². The van der Waals surface area contributed by atoms with Gasteiger partial charge in [0.15, 0.2) is 0 Å². The molecular weight excluding hydrogens is 340 g/mol. The first-order valence-corrected chi connectivity index (χ1v) is 9.84. The van der Waals surface area contributed by atoms with E-state index in [9.17, 15) is 4.79 Å². The molecule has 2 saturated heterocycles. The first-order valence-electron chi connectivity index (χ1n) is 9.84. The third kappa shape index (κ3) is 4.13. The Morgan fingerprint density at radius 3 is 2.44 bits per heavy atom. The monoisotopic (exact) mass is 368 g/mol. The van der Waals surface area contributed by atoms with Gasteiger partial charge in [-0.05, 0) is 32.0 Å². The molecule has 2 aromatic heterocycles. The van der Waals surface area contributed by atoms with E-state index in [-0.39, 0.29) is 6.03 Å². The zero-order chi connectivity index (χ0) is 18.6. The van der Waals surface area contributed by atoms with Gasteiger partial charge < -0.3 is 19.3 Å². The van der Waals surface area contributed by atoms with E-state index < -0.39 is 0 Å². The quantitative estimate of drug-likeness (QED) is 0.830. The molecule has 0 unspecified atom stereocenters. The Hall–Kier alpha value is -2.41. The van der Waals surface area contributed by atoms with E-state index in [1.807, 2.05) is 46.6 Å². The molecule has 2 aromatic rings. The van der Waals surface area contributed by atoms with E-state index in [0.29, 0.717) is 5.92 Å². The highest BCUT2D eigenvalue weighted by molar-refractivity contribution is 5.74. The van der Waals surface area contributed by atoms with Crippen molar-refractivity contribution in [3.8, 4) is 0 Å². The van der Waals surface area contributed by atoms with Crippen molar-refractivity contribution in [3.63, 3.8) is 0 Å². The highest BCUT2D eigenvalue weighted by Crippen LogP contribution is 2.28. The first-order chi connectivity index (χ1) is 13.2. The molecule has 2 fully saturated rings. The van der Waals surface area contributed by atoms with Crippen molar-refractivity contribution in [2.45, 2.75) is 25.3 Å². The zero-order valence-electron chi connectivity index (χ0n) is 16.0. The number of likely N-dealkylation sites (N-methyl/N-ethyl adjacent to an activating group) is 1. The first kappa shape index (κ1) is 18.0. The summed E-state index contributed by atoms with van der Waals surface area (Å²) in [5, 5.41) is 0. The lowest BCUT2D eigenvalue weighted by atomic mass is 9.96. The summed E-state index contributed by atoms with van der Waals surface area (Å²) in [6, 6.07) is 6.20. The van der Waals surface area contributed by atoms with Crippen LogP contribution in [-0.2, 0) is 6.54 Å². The fraction of sp³-hybridized carbons (Fsp3) is 0.550.